The number of nitriles is 1. The third-order valence-electron chi connectivity index (χ3n) is 4.66. The topological polar surface area (TPSA) is 134 Å². The van der Waals surface area contributed by atoms with Crippen LogP contribution in [0.15, 0.2) is 30.3 Å². The van der Waals surface area contributed by atoms with Crippen molar-refractivity contribution in [3.05, 3.63) is 41.6 Å². The van der Waals surface area contributed by atoms with Gasteiger partial charge < -0.3 is 20.7 Å². The van der Waals surface area contributed by atoms with E-state index < -0.39 is 11.9 Å². The standard InChI is InChI=1S/C20H22N6O3/c1-13(19(22)28)23-18-10-15(12-27)24-20(25-18)26-8-6-17(7-9-26)29-16-4-2-14(11-21)3-5-16/h2-5,10,12-13,17H,6-9H2,1H3,(H2,22,28)(H,23,24,25). The minimum atomic E-state index is -0.621. The number of piperidine rings is 1. The Morgan fingerprint density at radius 3 is 2.62 bits per heavy atom. The summed E-state index contributed by atoms with van der Waals surface area (Å²) in [5, 5.41) is 11.7. The molecular formula is C20H22N6O3. The number of primary amides is 1. The molecule has 0 spiro atoms. The summed E-state index contributed by atoms with van der Waals surface area (Å²) in [4.78, 5) is 33.2. The maximum atomic E-state index is 11.3. The molecule has 0 bridgehead atoms. The van der Waals surface area contributed by atoms with E-state index in [1.165, 1.54) is 6.07 Å². The molecule has 2 aromatic rings. The van der Waals surface area contributed by atoms with E-state index >= 15 is 0 Å². The normalized spacial score (nSPS) is 15.2. The number of rotatable bonds is 7. The predicted molar refractivity (Wildman–Crippen MR) is 107 cm³/mol. The zero-order valence-corrected chi connectivity index (χ0v) is 16.0. The lowest BCUT2D eigenvalue weighted by Gasteiger charge is -2.32. The van der Waals surface area contributed by atoms with Crippen LogP contribution in [0.25, 0.3) is 0 Å². The van der Waals surface area contributed by atoms with Gasteiger partial charge in [0.15, 0.2) is 6.29 Å². The van der Waals surface area contributed by atoms with Gasteiger partial charge >= 0.3 is 0 Å². The van der Waals surface area contributed by atoms with Gasteiger partial charge in [-0.1, -0.05) is 0 Å². The highest BCUT2D eigenvalue weighted by molar-refractivity contribution is 5.82. The van der Waals surface area contributed by atoms with Crippen LogP contribution >= 0.6 is 0 Å². The lowest BCUT2D eigenvalue weighted by molar-refractivity contribution is -0.118. The van der Waals surface area contributed by atoms with E-state index in [0.29, 0.717) is 36.7 Å². The summed E-state index contributed by atoms with van der Waals surface area (Å²) in [6.45, 7) is 2.94. The Hall–Kier alpha value is -3.67. The van der Waals surface area contributed by atoms with Crippen LogP contribution in [0, 0.1) is 11.3 Å². The molecular weight excluding hydrogens is 372 g/mol. The quantitative estimate of drug-likeness (QED) is 0.675. The molecule has 1 aromatic carbocycles. The number of carbonyl (C=O) groups excluding carboxylic acids is 2. The number of nitrogens with one attached hydrogen (secondary N) is 1. The van der Waals surface area contributed by atoms with Gasteiger partial charge in [-0.2, -0.15) is 10.2 Å². The molecule has 1 saturated heterocycles. The Labute approximate surface area is 168 Å². The minimum Gasteiger partial charge on any atom is -0.490 e. The van der Waals surface area contributed by atoms with Crippen molar-refractivity contribution >= 4 is 24.0 Å². The zero-order valence-electron chi connectivity index (χ0n) is 16.0. The van der Waals surface area contributed by atoms with Crippen LogP contribution in [0.3, 0.4) is 0 Å². The number of benzene rings is 1. The van der Waals surface area contributed by atoms with Gasteiger partial charge in [0, 0.05) is 32.0 Å². The Bertz CT molecular complexity index is 917. The van der Waals surface area contributed by atoms with Crippen molar-refractivity contribution in [3.63, 3.8) is 0 Å². The highest BCUT2D eigenvalue weighted by Crippen LogP contribution is 2.23. The van der Waals surface area contributed by atoms with Gasteiger partial charge in [0.2, 0.25) is 11.9 Å². The van der Waals surface area contributed by atoms with Gasteiger partial charge in [0.25, 0.3) is 0 Å². The summed E-state index contributed by atoms with van der Waals surface area (Å²) >= 11 is 0. The van der Waals surface area contributed by atoms with Crippen molar-refractivity contribution in [3.8, 4) is 11.8 Å². The van der Waals surface area contributed by atoms with Crippen LogP contribution in [0.1, 0.15) is 35.8 Å². The summed E-state index contributed by atoms with van der Waals surface area (Å²) in [7, 11) is 0. The Kier molecular flexibility index (Phi) is 6.24. The number of aldehydes is 1. The molecule has 1 fully saturated rings. The van der Waals surface area contributed by atoms with Crippen LogP contribution in [0.5, 0.6) is 5.75 Å². The number of aromatic nitrogens is 2. The smallest absolute Gasteiger partial charge is 0.239 e. The number of nitrogens with two attached hydrogens (primary N) is 1. The van der Waals surface area contributed by atoms with E-state index in [2.05, 4.69) is 21.4 Å². The fourth-order valence-corrected chi connectivity index (χ4v) is 3.00. The number of carbonyl (C=O) groups is 2. The Balaban J connectivity index is 1.64. The van der Waals surface area contributed by atoms with E-state index in [4.69, 9.17) is 15.7 Å². The molecule has 9 nitrogen and oxygen atoms in total. The molecule has 3 N–H and O–H groups in total. The first kappa shape index (κ1) is 20.1. The van der Waals surface area contributed by atoms with Gasteiger partial charge in [-0.15, -0.1) is 0 Å². The highest BCUT2D eigenvalue weighted by Gasteiger charge is 2.23. The SMILES string of the molecule is CC(Nc1cc(C=O)nc(N2CCC(Oc3ccc(C#N)cc3)CC2)n1)C(N)=O. The van der Waals surface area contributed by atoms with E-state index in [1.807, 2.05) is 4.90 Å². The third kappa shape index (κ3) is 5.19. The number of nitrogens with zero attached hydrogens (tertiary/aromatic N) is 4. The summed E-state index contributed by atoms with van der Waals surface area (Å²) in [5.41, 5.74) is 6.09. The van der Waals surface area contributed by atoms with Gasteiger partial charge in [-0.05, 0) is 31.2 Å². The highest BCUT2D eigenvalue weighted by atomic mass is 16.5. The number of amides is 1. The molecule has 1 amide bonds. The van der Waals surface area contributed by atoms with Crippen LogP contribution in [0.4, 0.5) is 11.8 Å². The van der Waals surface area contributed by atoms with Crippen molar-refractivity contribution in [2.24, 2.45) is 5.73 Å². The summed E-state index contributed by atoms with van der Waals surface area (Å²) < 4.78 is 5.99. The zero-order chi connectivity index (χ0) is 20.8. The molecule has 1 aromatic heterocycles. The van der Waals surface area contributed by atoms with Gasteiger partial charge in [-0.25, -0.2) is 4.98 Å². The summed E-state index contributed by atoms with van der Waals surface area (Å²) in [6, 6.07) is 9.98. The van der Waals surface area contributed by atoms with Gasteiger partial charge in [0.1, 0.15) is 29.4 Å². The minimum absolute atomic E-state index is 0.0425. The maximum Gasteiger partial charge on any atom is 0.239 e. The largest absolute Gasteiger partial charge is 0.490 e. The fraction of sp³-hybridized carbons (Fsp3) is 0.350. The Morgan fingerprint density at radius 2 is 2.03 bits per heavy atom. The fourth-order valence-electron chi connectivity index (χ4n) is 3.00. The van der Waals surface area contributed by atoms with Crippen LogP contribution < -0.4 is 20.7 Å². The van der Waals surface area contributed by atoms with Crippen molar-refractivity contribution in [1.29, 1.82) is 5.26 Å². The van der Waals surface area contributed by atoms with Crippen LogP contribution in [0.2, 0.25) is 0 Å². The molecule has 29 heavy (non-hydrogen) atoms. The number of ether oxygens (including phenoxy) is 1. The molecule has 0 aliphatic carbocycles. The predicted octanol–water partition coefficient (Wildman–Crippen LogP) is 1.49. The summed E-state index contributed by atoms with van der Waals surface area (Å²) in [5.74, 6) is 1.01. The second kappa shape index (κ2) is 9.01. The molecule has 1 unspecified atom stereocenters. The Morgan fingerprint density at radius 1 is 1.34 bits per heavy atom. The van der Waals surface area contributed by atoms with E-state index in [1.54, 1.807) is 31.2 Å². The molecule has 0 radical (unpaired) electrons. The van der Waals surface area contributed by atoms with Crippen molar-refractivity contribution in [2.45, 2.75) is 31.9 Å². The van der Waals surface area contributed by atoms with Gasteiger partial charge in [0.05, 0.1) is 11.6 Å². The maximum absolute atomic E-state index is 11.3. The molecule has 150 valence electrons. The van der Waals surface area contributed by atoms with Crippen molar-refractivity contribution < 1.29 is 14.3 Å². The molecule has 1 aliphatic heterocycles. The first-order valence-electron chi connectivity index (χ1n) is 9.30. The van der Waals surface area contributed by atoms with Crippen LogP contribution in [-0.2, 0) is 4.79 Å². The van der Waals surface area contributed by atoms with E-state index in [9.17, 15) is 9.59 Å². The molecule has 0 saturated carbocycles. The lowest BCUT2D eigenvalue weighted by atomic mass is 10.1. The molecule has 3 rings (SSSR count). The first-order valence-corrected chi connectivity index (χ1v) is 9.30. The third-order valence-corrected chi connectivity index (χ3v) is 4.66. The second-order valence-electron chi connectivity index (χ2n) is 6.80. The number of hydrogen-bond donors (Lipinski definition) is 2. The second-order valence-corrected chi connectivity index (χ2v) is 6.80. The van der Waals surface area contributed by atoms with Crippen molar-refractivity contribution in [2.75, 3.05) is 23.3 Å². The molecule has 1 aliphatic rings. The van der Waals surface area contributed by atoms with Crippen LogP contribution in [-0.4, -0.2) is 47.4 Å². The monoisotopic (exact) mass is 394 g/mol. The molecule has 9 heteroatoms. The molecule has 2 heterocycles. The summed E-state index contributed by atoms with van der Waals surface area (Å²) in [6.07, 6.45) is 2.21. The number of hydrogen-bond acceptors (Lipinski definition) is 8. The van der Waals surface area contributed by atoms with E-state index in [0.717, 1.165) is 18.6 Å². The average molecular weight is 394 g/mol. The van der Waals surface area contributed by atoms with Gasteiger partial charge in [-0.3, -0.25) is 9.59 Å². The number of anilines is 2. The first-order chi connectivity index (χ1) is 14.0. The van der Waals surface area contributed by atoms with E-state index in [-0.39, 0.29) is 11.8 Å². The average Bonchev–Trinajstić information content (AvgIpc) is 2.74. The lowest BCUT2D eigenvalue weighted by Crippen LogP contribution is -2.39. The molecule has 1 atom stereocenters. The van der Waals surface area contributed by atoms with Crippen molar-refractivity contribution in [1.82, 2.24) is 9.97 Å².